The average Bonchev–Trinajstić information content (AvgIpc) is 2.47. The zero-order valence-electron chi connectivity index (χ0n) is 13.7. The molecular formula is C16H15N3O6. The first kappa shape index (κ1) is 16.5. The van der Waals surface area contributed by atoms with Crippen LogP contribution in [0.1, 0.15) is 19.4 Å². The number of ether oxygens (including phenoxy) is 2. The molecule has 130 valence electrons. The molecule has 1 saturated heterocycles. The van der Waals surface area contributed by atoms with E-state index in [1.54, 1.807) is 19.1 Å². The Morgan fingerprint density at radius 2 is 1.48 bits per heavy atom. The van der Waals surface area contributed by atoms with Gasteiger partial charge in [0.05, 0.1) is 11.0 Å². The third-order valence-corrected chi connectivity index (χ3v) is 3.56. The molecule has 0 bridgehead atoms. The van der Waals surface area contributed by atoms with Gasteiger partial charge in [-0.25, -0.2) is 9.59 Å². The number of carbonyl (C=O) groups excluding carboxylic acids is 2. The van der Waals surface area contributed by atoms with Gasteiger partial charge >= 0.3 is 23.1 Å². The van der Waals surface area contributed by atoms with Crippen molar-refractivity contribution in [2.75, 3.05) is 5.32 Å². The largest absolute Gasteiger partial charge is 0.419 e. The lowest BCUT2D eigenvalue weighted by Gasteiger charge is -2.29. The highest BCUT2D eigenvalue weighted by Gasteiger charge is 2.38. The number of aryl methyl sites for hydroxylation is 1. The van der Waals surface area contributed by atoms with Gasteiger partial charge in [-0.05, 0) is 24.6 Å². The summed E-state index contributed by atoms with van der Waals surface area (Å²) in [5.41, 5.74) is 0.281. The molecule has 3 rings (SSSR count). The van der Waals surface area contributed by atoms with E-state index in [4.69, 9.17) is 9.47 Å². The molecule has 1 aromatic heterocycles. The van der Waals surface area contributed by atoms with Gasteiger partial charge in [-0.15, -0.1) is 0 Å². The number of cyclic esters (lactones) is 2. The van der Waals surface area contributed by atoms with Crippen molar-refractivity contribution < 1.29 is 19.1 Å². The molecule has 0 saturated carbocycles. The van der Waals surface area contributed by atoms with Gasteiger partial charge in [-0.1, -0.05) is 0 Å². The van der Waals surface area contributed by atoms with Crippen molar-refractivity contribution in [2.45, 2.75) is 26.6 Å². The van der Waals surface area contributed by atoms with Crippen molar-refractivity contribution >= 4 is 28.7 Å². The van der Waals surface area contributed by atoms with Crippen LogP contribution >= 0.6 is 0 Å². The van der Waals surface area contributed by atoms with E-state index in [0.717, 1.165) is 0 Å². The fraction of sp³-hybridized carbons (Fsp3) is 0.250. The maximum Gasteiger partial charge on any atom is 0.350 e. The zero-order valence-corrected chi connectivity index (χ0v) is 13.7. The highest BCUT2D eigenvalue weighted by Crippen LogP contribution is 2.24. The lowest BCUT2D eigenvalue weighted by Crippen LogP contribution is -2.42. The van der Waals surface area contributed by atoms with Crippen LogP contribution in [0.15, 0.2) is 33.5 Å². The normalized spacial score (nSPS) is 16.4. The summed E-state index contributed by atoms with van der Waals surface area (Å²) >= 11 is 0. The number of anilines is 1. The molecule has 0 atom stereocenters. The molecule has 25 heavy (non-hydrogen) atoms. The molecule has 1 fully saturated rings. The van der Waals surface area contributed by atoms with Crippen LogP contribution in [0.4, 0.5) is 5.69 Å². The van der Waals surface area contributed by atoms with E-state index >= 15 is 0 Å². The van der Waals surface area contributed by atoms with Gasteiger partial charge in [-0.2, -0.15) is 0 Å². The number of hydrogen-bond acceptors (Lipinski definition) is 7. The van der Waals surface area contributed by atoms with E-state index in [1.807, 2.05) is 0 Å². The van der Waals surface area contributed by atoms with Gasteiger partial charge in [0, 0.05) is 25.7 Å². The molecule has 0 amide bonds. The van der Waals surface area contributed by atoms with Gasteiger partial charge in [0.15, 0.2) is 5.57 Å². The van der Waals surface area contributed by atoms with E-state index in [9.17, 15) is 19.2 Å². The minimum Gasteiger partial charge on any atom is -0.419 e. The van der Waals surface area contributed by atoms with Crippen molar-refractivity contribution in [3.05, 3.63) is 50.2 Å². The number of fused-ring (bicyclic) bond motifs is 1. The predicted octanol–water partition coefficient (Wildman–Crippen LogP) is 0.657. The molecule has 0 spiro atoms. The fourth-order valence-corrected chi connectivity index (χ4v) is 2.36. The SMILES string of the molecule is Cc1cc2[nH]c(=O)c(=O)[nH]c2cc1NC=C1C(=O)OC(C)(C)OC1=O. The molecular weight excluding hydrogens is 330 g/mol. The van der Waals surface area contributed by atoms with Crippen LogP contribution in [-0.4, -0.2) is 27.7 Å². The second-order valence-electron chi connectivity index (χ2n) is 6.00. The number of aromatic nitrogens is 2. The van der Waals surface area contributed by atoms with Crippen molar-refractivity contribution in [1.29, 1.82) is 0 Å². The molecule has 0 unspecified atom stereocenters. The lowest BCUT2D eigenvalue weighted by atomic mass is 10.1. The number of H-pyrrole nitrogens is 2. The second kappa shape index (κ2) is 5.62. The number of benzene rings is 1. The van der Waals surface area contributed by atoms with Crippen molar-refractivity contribution in [3.8, 4) is 0 Å². The van der Waals surface area contributed by atoms with E-state index < -0.39 is 28.8 Å². The summed E-state index contributed by atoms with van der Waals surface area (Å²) in [4.78, 5) is 51.5. The molecule has 0 radical (unpaired) electrons. The lowest BCUT2D eigenvalue weighted by molar-refractivity contribution is -0.222. The predicted molar refractivity (Wildman–Crippen MR) is 87.9 cm³/mol. The summed E-state index contributed by atoms with van der Waals surface area (Å²) in [6.07, 6.45) is 1.18. The molecule has 2 aromatic rings. The van der Waals surface area contributed by atoms with Gasteiger partial charge in [0.1, 0.15) is 0 Å². The summed E-state index contributed by atoms with van der Waals surface area (Å²) in [6.45, 7) is 4.67. The third kappa shape index (κ3) is 3.16. The van der Waals surface area contributed by atoms with Crippen LogP contribution < -0.4 is 16.4 Å². The Bertz CT molecular complexity index is 1020. The summed E-state index contributed by atoms with van der Waals surface area (Å²) in [7, 11) is 0. The van der Waals surface area contributed by atoms with Crippen molar-refractivity contribution in [1.82, 2.24) is 9.97 Å². The molecule has 1 aliphatic heterocycles. The highest BCUT2D eigenvalue weighted by atomic mass is 16.7. The minimum atomic E-state index is -1.31. The Labute approximate surface area is 140 Å². The maximum atomic E-state index is 11.9. The third-order valence-electron chi connectivity index (χ3n) is 3.56. The van der Waals surface area contributed by atoms with Crippen molar-refractivity contribution in [3.63, 3.8) is 0 Å². The van der Waals surface area contributed by atoms with Crippen LogP contribution in [0.5, 0.6) is 0 Å². The topological polar surface area (TPSA) is 130 Å². The molecule has 9 heteroatoms. The first-order chi connectivity index (χ1) is 11.7. The summed E-state index contributed by atoms with van der Waals surface area (Å²) < 4.78 is 9.99. The minimum absolute atomic E-state index is 0.284. The van der Waals surface area contributed by atoms with Gasteiger partial charge < -0.3 is 24.8 Å². The Morgan fingerprint density at radius 1 is 0.960 bits per heavy atom. The van der Waals surface area contributed by atoms with E-state index in [2.05, 4.69) is 15.3 Å². The number of aromatic amines is 2. The van der Waals surface area contributed by atoms with Crippen LogP contribution in [0.3, 0.4) is 0 Å². The van der Waals surface area contributed by atoms with E-state index in [-0.39, 0.29) is 5.57 Å². The summed E-state index contributed by atoms with van der Waals surface area (Å²) in [5, 5.41) is 2.82. The molecule has 9 nitrogen and oxygen atoms in total. The maximum absolute atomic E-state index is 11.9. The molecule has 1 aromatic carbocycles. The van der Waals surface area contributed by atoms with Crippen LogP contribution in [0.25, 0.3) is 11.0 Å². The van der Waals surface area contributed by atoms with Crippen LogP contribution in [0, 0.1) is 6.92 Å². The van der Waals surface area contributed by atoms with Crippen molar-refractivity contribution in [2.24, 2.45) is 0 Å². The van der Waals surface area contributed by atoms with E-state index in [0.29, 0.717) is 22.3 Å². The summed E-state index contributed by atoms with van der Waals surface area (Å²) in [5.74, 6) is -2.91. The number of hydrogen-bond donors (Lipinski definition) is 3. The van der Waals surface area contributed by atoms with Gasteiger partial charge in [0.25, 0.3) is 5.79 Å². The summed E-state index contributed by atoms with van der Waals surface area (Å²) in [6, 6.07) is 3.22. The second-order valence-corrected chi connectivity index (χ2v) is 6.00. The Hall–Kier alpha value is -3.36. The van der Waals surface area contributed by atoms with Gasteiger partial charge in [-0.3, -0.25) is 9.59 Å². The van der Waals surface area contributed by atoms with Gasteiger partial charge in [0.2, 0.25) is 0 Å². The molecule has 3 N–H and O–H groups in total. The Balaban J connectivity index is 1.95. The Kier molecular flexibility index (Phi) is 3.71. The quantitative estimate of drug-likeness (QED) is 0.315. The highest BCUT2D eigenvalue weighted by molar-refractivity contribution is 6.15. The number of rotatable bonds is 2. The first-order valence-corrected chi connectivity index (χ1v) is 7.37. The van der Waals surface area contributed by atoms with Crippen LogP contribution in [0.2, 0.25) is 0 Å². The molecule has 1 aliphatic rings. The standard InChI is InChI=1S/C16H15N3O6/c1-7-4-10-11(19-13(21)12(20)18-10)5-9(7)17-6-8-14(22)24-16(2,3)25-15(8)23/h4-6,17H,1-3H3,(H,18,20)(H,19,21). The monoisotopic (exact) mass is 345 g/mol. The number of esters is 2. The van der Waals surface area contributed by atoms with Crippen LogP contribution in [-0.2, 0) is 19.1 Å². The fourth-order valence-electron chi connectivity index (χ4n) is 2.36. The Morgan fingerprint density at radius 3 is 2.04 bits per heavy atom. The zero-order chi connectivity index (χ0) is 18.4. The average molecular weight is 345 g/mol. The number of nitrogens with one attached hydrogen (secondary N) is 3. The smallest absolute Gasteiger partial charge is 0.350 e. The first-order valence-electron chi connectivity index (χ1n) is 7.37. The molecule has 0 aliphatic carbocycles. The van der Waals surface area contributed by atoms with E-state index in [1.165, 1.54) is 20.0 Å². The molecule has 2 heterocycles. The number of carbonyl (C=O) groups is 2.